The molecular formula is C13H19NO. The first-order chi connectivity index (χ1) is 7.22. The molecular weight excluding hydrogens is 186 g/mol. The summed E-state index contributed by atoms with van der Waals surface area (Å²) < 4.78 is 5.51. The number of hydrogen-bond acceptors (Lipinski definition) is 2. The summed E-state index contributed by atoms with van der Waals surface area (Å²) in [5.41, 5.74) is 3.94. The molecule has 1 unspecified atom stereocenters. The largest absolute Gasteiger partial charge is 0.385 e. The number of anilines is 1. The highest BCUT2D eigenvalue weighted by Crippen LogP contribution is 2.34. The molecule has 0 aliphatic carbocycles. The molecule has 2 nitrogen and oxygen atoms in total. The molecule has 1 heterocycles. The Labute approximate surface area is 91.6 Å². The zero-order valence-electron chi connectivity index (χ0n) is 9.71. The van der Waals surface area contributed by atoms with Gasteiger partial charge in [0.15, 0.2) is 0 Å². The van der Waals surface area contributed by atoms with Gasteiger partial charge in [0.05, 0.1) is 6.10 Å². The summed E-state index contributed by atoms with van der Waals surface area (Å²) in [4.78, 5) is 0. The fourth-order valence-corrected chi connectivity index (χ4v) is 2.11. The Balaban J connectivity index is 2.39. The molecule has 0 saturated carbocycles. The number of nitrogens with one attached hydrogen (secondary N) is 1. The number of rotatable bonds is 2. The van der Waals surface area contributed by atoms with E-state index < -0.39 is 0 Å². The van der Waals surface area contributed by atoms with E-state index in [1.165, 1.54) is 16.8 Å². The lowest BCUT2D eigenvalue weighted by Crippen LogP contribution is -2.18. The van der Waals surface area contributed by atoms with Crippen molar-refractivity contribution in [3.8, 4) is 0 Å². The molecule has 0 radical (unpaired) electrons. The lowest BCUT2D eigenvalue weighted by atomic mass is 9.94. The minimum atomic E-state index is 0.264. The van der Waals surface area contributed by atoms with E-state index in [1.54, 1.807) is 7.11 Å². The van der Waals surface area contributed by atoms with Crippen molar-refractivity contribution in [2.75, 3.05) is 19.0 Å². The molecule has 0 aromatic heterocycles. The van der Waals surface area contributed by atoms with Gasteiger partial charge in [-0.1, -0.05) is 26.0 Å². The van der Waals surface area contributed by atoms with Crippen molar-refractivity contribution in [1.82, 2.24) is 0 Å². The van der Waals surface area contributed by atoms with Crippen molar-refractivity contribution in [2.24, 2.45) is 0 Å². The van der Waals surface area contributed by atoms with Gasteiger partial charge in [0.25, 0.3) is 0 Å². The molecule has 0 saturated heterocycles. The standard InChI is InChI=1S/C13H19NO/c1-9(2)10-4-5-12-11(8-10)13(15-3)6-7-14-12/h4-5,8-9,13-14H,6-7H2,1-3H3. The zero-order valence-corrected chi connectivity index (χ0v) is 9.71. The first-order valence-electron chi connectivity index (χ1n) is 5.63. The first kappa shape index (κ1) is 10.5. The zero-order chi connectivity index (χ0) is 10.8. The maximum absolute atomic E-state index is 5.51. The van der Waals surface area contributed by atoms with Crippen LogP contribution in [0.2, 0.25) is 0 Å². The van der Waals surface area contributed by atoms with Gasteiger partial charge < -0.3 is 10.1 Å². The molecule has 0 fully saturated rings. The number of benzene rings is 1. The fourth-order valence-electron chi connectivity index (χ4n) is 2.11. The van der Waals surface area contributed by atoms with Crippen molar-refractivity contribution in [2.45, 2.75) is 32.3 Å². The summed E-state index contributed by atoms with van der Waals surface area (Å²) in [6.07, 6.45) is 1.32. The van der Waals surface area contributed by atoms with Crippen LogP contribution >= 0.6 is 0 Å². The van der Waals surface area contributed by atoms with Gasteiger partial charge in [-0.3, -0.25) is 0 Å². The van der Waals surface area contributed by atoms with Crippen LogP contribution in [0.5, 0.6) is 0 Å². The molecule has 1 N–H and O–H groups in total. The summed E-state index contributed by atoms with van der Waals surface area (Å²) in [7, 11) is 1.79. The summed E-state index contributed by atoms with van der Waals surface area (Å²) >= 11 is 0. The Morgan fingerprint density at radius 1 is 1.40 bits per heavy atom. The summed E-state index contributed by atoms with van der Waals surface area (Å²) in [5.74, 6) is 0.578. The lowest BCUT2D eigenvalue weighted by molar-refractivity contribution is 0.0964. The van der Waals surface area contributed by atoms with E-state index in [2.05, 4.69) is 37.4 Å². The monoisotopic (exact) mass is 205 g/mol. The average Bonchev–Trinajstić information content (AvgIpc) is 2.27. The third-order valence-electron chi connectivity index (χ3n) is 3.10. The number of fused-ring (bicyclic) bond motifs is 1. The predicted molar refractivity (Wildman–Crippen MR) is 63.4 cm³/mol. The highest BCUT2D eigenvalue weighted by atomic mass is 16.5. The maximum atomic E-state index is 5.51. The van der Waals surface area contributed by atoms with E-state index in [9.17, 15) is 0 Å². The molecule has 1 aromatic rings. The van der Waals surface area contributed by atoms with Crippen LogP contribution in [0.15, 0.2) is 18.2 Å². The molecule has 82 valence electrons. The molecule has 15 heavy (non-hydrogen) atoms. The molecule has 1 atom stereocenters. The first-order valence-corrected chi connectivity index (χ1v) is 5.63. The van der Waals surface area contributed by atoms with E-state index in [0.717, 1.165) is 13.0 Å². The molecule has 0 bridgehead atoms. The van der Waals surface area contributed by atoms with Gasteiger partial charge in [-0.15, -0.1) is 0 Å². The van der Waals surface area contributed by atoms with Crippen LogP contribution in [-0.2, 0) is 4.74 Å². The Morgan fingerprint density at radius 2 is 2.20 bits per heavy atom. The lowest BCUT2D eigenvalue weighted by Gasteiger charge is -2.26. The van der Waals surface area contributed by atoms with Gasteiger partial charge in [0, 0.05) is 24.9 Å². The van der Waals surface area contributed by atoms with E-state index >= 15 is 0 Å². The van der Waals surface area contributed by atoms with Crippen LogP contribution < -0.4 is 5.32 Å². The van der Waals surface area contributed by atoms with Gasteiger partial charge >= 0.3 is 0 Å². The Morgan fingerprint density at radius 3 is 2.87 bits per heavy atom. The number of methoxy groups -OCH3 is 1. The molecule has 2 rings (SSSR count). The van der Waals surface area contributed by atoms with Gasteiger partial charge in [-0.05, 0) is 24.0 Å². The second kappa shape index (κ2) is 4.23. The maximum Gasteiger partial charge on any atom is 0.0857 e. The van der Waals surface area contributed by atoms with Crippen LogP contribution in [0.1, 0.15) is 43.4 Å². The van der Waals surface area contributed by atoms with Crippen LogP contribution in [0.25, 0.3) is 0 Å². The molecule has 1 aromatic carbocycles. The molecule has 0 spiro atoms. The normalized spacial score (nSPS) is 19.9. The van der Waals surface area contributed by atoms with Crippen molar-refractivity contribution >= 4 is 5.69 Å². The van der Waals surface area contributed by atoms with E-state index in [1.807, 2.05) is 0 Å². The minimum Gasteiger partial charge on any atom is -0.385 e. The van der Waals surface area contributed by atoms with Gasteiger partial charge in [-0.25, -0.2) is 0 Å². The quantitative estimate of drug-likeness (QED) is 0.799. The summed E-state index contributed by atoms with van der Waals surface area (Å²) in [5, 5.41) is 3.41. The summed E-state index contributed by atoms with van der Waals surface area (Å²) in [6.45, 7) is 5.45. The van der Waals surface area contributed by atoms with Gasteiger partial charge in [0.1, 0.15) is 0 Å². The fraction of sp³-hybridized carbons (Fsp3) is 0.538. The van der Waals surface area contributed by atoms with Crippen molar-refractivity contribution in [3.63, 3.8) is 0 Å². The van der Waals surface area contributed by atoms with Crippen LogP contribution in [0.3, 0.4) is 0 Å². The van der Waals surface area contributed by atoms with Crippen LogP contribution in [0.4, 0.5) is 5.69 Å². The Kier molecular flexibility index (Phi) is 2.96. The summed E-state index contributed by atoms with van der Waals surface area (Å²) in [6, 6.07) is 6.66. The predicted octanol–water partition coefficient (Wildman–Crippen LogP) is 3.31. The van der Waals surface area contributed by atoms with Gasteiger partial charge in [-0.2, -0.15) is 0 Å². The third kappa shape index (κ3) is 2.00. The Bertz CT molecular complexity index is 346. The molecule has 0 amide bonds. The smallest absolute Gasteiger partial charge is 0.0857 e. The van der Waals surface area contributed by atoms with E-state index in [0.29, 0.717) is 5.92 Å². The van der Waals surface area contributed by atoms with Crippen LogP contribution in [-0.4, -0.2) is 13.7 Å². The number of hydrogen-bond donors (Lipinski definition) is 1. The van der Waals surface area contributed by atoms with Crippen molar-refractivity contribution in [1.29, 1.82) is 0 Å². The Hall–Kier alpha value is -1.02. The van der Waals surface area contributed by atoms with Crippen LogP contribution in [0, 0.1) is 0 Å². The molecule has 2 heteroatoms. The highest BCUT2D eigenvalue weighted by Gasteiger charge is 2.19. The van der Waals surface area contributed by atoms with Crippen molar-refractivity contribution < 1.29 is 4.74 Å². The number of ether oxygens (including phenoxy) is 1. The third-order valence-corrected chi connectivity index (χ3v) is 3.10. The molecule has 1 aliphatic rings. The minimum absolute atomic E-state index is 0.264. The molecule has 1 aliphatic heterocycles. The van der Waals surface area contributed by atoms with E-state index in [4.69, 9.17) is 4.74 Å². The van der Waals surface area contributed by atoms with Crippen molar-refractivity contribution in [3.05, 3.63) is 29.3 Å². The van der Waals surface area contributed by atoms with E-state index in [-0.39, 0.29) is 6.10 Å². The SMILES string of the molecule is COC1CCNc2ccc(C(C)C)cc21. The topological polar surface area (TPSA) is 21.3 Å². The second-order valence-corrected chi connectivity index (χ2v) is 4.44. The highest BCUT2D eigenvalue weighted by molar-refractivity contribution is 5.56. The van der Waals surface area contributed by atoms with Gasteiger partial charge in [0.2, 0.25) is 0 Å². The second-order valence-electron chi connectivity index (χ2n) is 4.44. The average molecular weight is 205 g/mol.